The van der Waals surface area contributed by atoms with E-state index in [0.29, 0.717) is 29.9 Å². The molecule has 34 heavy (non-hydrogen) atoms. The van der Waals surface area contributed by atoms with Gasteiger partial charge in [-0.2, -0.15) is 9.97 Å². The Morgan fingerprint density at radius 3 is 2.41 bits per heavy atom. The number of nitrogens with one attached hydrogen (secondary N) is 3. The highest BCUT2D eigenvalue weighted by atomic mass is 35.5. The Labute approximate surface area is 213 Å². The molecule has 5 rings (SSSR count). The Morgan fingerprint density at radius 1 is 0.941 bits per heavy atom. The van der Waals surface area contributed by atoms with Crippen LogP contribution in [0.3, 0.4) is 0 Å². The van der Waals surface area contributed by atoms with Crippen LogP contribution >= 0.6 is 24.8 Å². The molecule has 2 fully saturated rings. The lowest BCUT2D eigenvalue weighted by Crippen LogP contribution is -2.33. The van der Waals surface area contributed by atoms with E-state index in [1.165, 1.54) is 25.7 Å². The van der Waals surface area contributed by atoms with Crippen molar-refractivity contribution in [2.45, 2.75) is 69.5 Å². The minimum Gasteiger partial charge on any atom is -0.351 e. The normalized spacial score (nSPS) is 20.6. The second-order valence-electron chi connectivity index (χ2n) is 8.93. The number of halogens is 2. The van der Waals surface area contributed by atoms with Gasteiger partial charge < -0.3 is 21.0 Å². The SMILES string of the molecule is Cl.Cl.N[C@H]1CC[C@H](Nc2nc(NNC=Cc3ccccc3)c3ncn(C4CCCC4)c3n2)CC1. The summed E-state index contributed by atoms with van der Waals surface area (Å²) in [6, 6.07) is 11.3. The van der Waals surface area contributed by atoms with Crippen LogP contribution in [0.25, 0.3) is 17.2 Å². The molecule has 1 aromatic carbocycles. The molecule has 0 bridgehead atoms. The van der Waals surface area contributed by atoms with Crippen molar-refractivity contribution in [1.29, 1.82) is 0 Å². The number of hydrogen-bond acceptors (Lipinski definition) is 7. The molecule has 0 radical (unpaired) electrons. The van der Waals surface area contributed by atoms with E-state index in [9.17, 15) is 0 Å². The van der Waals surface area contributed by atoms with Gasteiger partial charge in [0.2, 0.25) is 5.95 Å². The van der Waals surface area contributed by atoms with Crippen LogP contribution in [0.4, 0.5) is 11.8 Å². The molecule has 2 heterocycles. The van der Waals surface area contributed by atoms with Gasteiger partial charge >= 0.3 is 0 Å². The molecule has 5 N–H and O–H groups in total. The van der Waals surface area contributed by atoms with Gasteiger partial charge in [-0.25, -0.2) is 4.98 Å². The number of anilines is 2. The third kappa shape index (κ3) is 6.11. The van der Waals surface area contributed by atoms with Gasteiger partial charge in [-0.15, -0.1) is 24.8 Å². The van der Waals surface area contributed by atoms with Gasteiger partial charge in [-0.1, -0.05) is 43.2 Å². The molecule has 2 aliphatic carbocycles. The maximum Gasteiger partial charge on any atom is 0.227 e. The molecule has 10 heteroatoms. The Morgan fingerprint density at radius 2 is 1.68 bits per heavy atom. The summed E-state index contributed by atoms with van der Waals surface area (Å²) in [6.45, 7) is 0. The first-order valence-electron chi connectivity index (χ1n) is 11.8. The zero-order valence-corrected chi connectivity index (χ0v) is 20.8. The summed E-state index contributed by atoms with van der Waals surface area (Å²) in [5.74, 6) is 1.33. The molecule has 184 valence electrons. The van der Waals surface area contributed by atoms with Crippen molar-refractivity contribution < 1.29 is 0 Å². The molecule has 8 nitrogen and oxygen atoms in total. The summed E-state index contributed by atoms with van der Waals surface area (Å²) in [5, 5.41) is 3.55. The minimum atomic E-state index is 0. The summed E-state index contributed by atoms with van der Waals surface area (Å²) in [6.07, 6.45) is 14.9. The first-order chi connectivity index (χ1) is 15.8. The lowest BCUT2D eigenvalue weighted by Gasteiger charge is -2.27. The van der Waals surface area contributed by atoms with E-state index < -0.39 is 0 Å². The van der Waals surface area contributed by atoms with E-state index in [0.717, 1.165) is 42.4 Å². The van der Waals surface area contributed by atoms with E-state index in [4.69, 9.17) is 15.7 Å². The summed E-state index contributed by atoms with van der Waals surface area (Å²) in [7, 11) is 0. The number of aromatic nitrogens is 4. The molecule has 0 saturated heterocycles. The van der Waals surface area contributed by atoms with Crippen LogP contribution in [0.15, 0.2) is 42.9 Å². The topological polar surface area (TPSA) is 106 Å². The van der Waals surface area contributed by atoms with Crippen molar-refractivity contribution in [2.24, 2.45) is 5.73 Å². The van der Waals surface area contributed by atoms with E-state index in [2.05, 4.69) is 37.9 Å². The quantitative estimate of drug-likeness (QED) is 0.333. The predicted octanol–water partition coefficient (Wildman–Crippen LogP) is 5.05. The van der Waals surface area contributed by atoms with Gasteiger partial charge in [0.1, 0.15) is 0 Å². The van der Waals surface area contributed by atoms with E-state index in [1.807, 2.05) is 36.8 Å². The number of hydrazine groups is 1. The standard InChI is InChI=1S/C24H32N8.2ClH/c25-18-10-12-19(13-11-18)28-24-29-22(31-27-15-14-17-6-2-1-3-7-17)21-23(30-24)32(16-26-21)20-8-4-5-9-20;;/h1-3,6-7,14-16,18-20,27H,4-5,8-13,25H2,(H2,28,29,30,31);2*1H/t18-,19-;;. The lowest BCUT2D eigenvalue weighted by atomic mass is 9.92. The smallest absolute Gasteiger partial charge is 0.227 e. The Hall–Kier alpha value is -2.55. The molecule has 0 amide bonds. The average Bonchev–Trinajstić information content (AvgIpc) is 3.49. The molecule has 0 unspecified atom stereocenters. The zero-order chi connectivity index (χ0) is 21.8. The second kappa shape index (κ2) is 12.2. The number of nitrogens with zero attached hydrogens (tertiary/aromatic N) is 4. The van der Waals surface area contributed by atoms with Gasteiger partial charge in [0.05, 0.1) is 6.33 Å². The highest BCUT2D eigenvalue weighted by Crippen LogP contribution is 2.33. The number of benzene rings is 1. The summed E-state index contributed by atoms with van der Waals surface area (Å²) in [5.41, 5.74) is 15.2. The molecule has 0 atom stereocenters. The predicted molar refractivity (Wildman–Crippen MR) is 143 cm³/mol. The number of rotatable bonds is 7. The first kappa shape index (κ1) is 26.1. The molecular weight excluding hydrogens is 471 g/mol. The van der Waals surface area contributed by atoms with Crippen LogP contribution in [0.2, 0.25) is 0 Å². The Kier molecular flexibility index (Phi) is 9.38. The molecule has 2 aliphatic rings. The van der Waals surface area contributed by atoms with Gasteiger partial charge in [-0.3, -0.25) is 5.43 Å². The largest absolute Gasteiger partial charge is 0.351 e. The van der Waals surface area contributed by atoms with E-state index in [1.54, 1.807) is 0 Å². The highest BCUT2D eigenvalue weighted by Gasteiger charge is 2.23. The van der Waals surface area contributed by atoms with Crippen LogP contribution in [0, 0.1) is 0 Å². The van der Waals surface area contributed by atoms with Crippen molar-refractivity contribution >= 4 is 53.8 Å². The van der Waals surface area contributed by atoms with Crippen LogP contribution < -0.4 is 21.9 Å². The fourth-order valence-electron chi connectivity index (χ4n) is 4.78. The van der Waals surface area contributed by atoms with Crippen LogP contribution in [-0.4, -0.2) is 31.6 Å². The molecular formula is C24H34Cl2N8. The van der Waals surface area contributed by atoms with E-state index in [-0.39, 0.29) is 24.8 Å². The zero-order valence-electron chi connectivity index (χ0n) is 19.2. The minimum absolute atomic E-state index is 0. The van der Waals surface area contributed by atoms with Crippen molar-refractivity contribution in [3.05, 3.63) is 48.4 Å². The number of imidazole rings is 1. The Bertz CT molecular complexity index is 1060. The number of nitrogens with two attached hydrogens (primary N) is 1. The van der Waals surface area contributed by atoms with Crippen molar-refractivity contribution in [3.8, 4) is 0 Å². The maximum absolute atomic E-state index is 6.08. The van der Waals surface area contributed by atoms with E-state index >= 15 is 0 Å². The van der Waals surface area contributed by atoms with Gasteiger partial charge in [-0.05, 0) is 50.2 Å². The molecule has 2 saturated carbocycles. The monoisotopic (exact) mass is 504 g/mol. The summed E-state index contributed by atoms with van der Waals surface area (Å²) in [4.78, 5) is 14.3. The summed E-state index contributed by atoms with van der Waals surface area (Å²) >= 11 is 0. The fourth-order valence-corrected chi connectivity index (χ4v) is 4.78. The van der Waals surface area contributed by atoms with Crippen LogP contribution in [0.1, 0.15) is 63.0 Å². The average molecular weight is 505 g/mol. The van der Waals surface area contributed by atoms with Gasteiger partial charge in [0, 0.05) is 24.3 Å². The first-order valence-corrected chi connectivity index (χ1v) is 11.8. The molecule has 0 aliphatic heterocycles. The van der Waals surface area contributed by atoms with Crippen LogP contribution in [-0.2, 0) is 0 Å². The van der Waals surface area contributed by atoms with Crippen LogP contribution in [0.5, 0.6) is 0 Å². The number of hydrogen-bond donors (Lipinski definition) is 4. The maximum atomic E-state index is 6.08. The summed E-state index contributed by atoms with van der Waals surface area (Å²) < 4.78 is 2.23. The second-order valence-corrected chi connectivity index (χ2v) is 8.93. The fraction of sp³-hybridized carbons (Fsp3) is 0.458. The molecule has 0 spiro atoms. The lowest BCUT2D eigenvalue weighted by molar-refractivity contribution is 0.410. The van der Waals surface area contributed by atoms with Gasteiger partial charge in [0.25, 0.3) is 0 Å². The third-order valence-corrected chi connectivity index (χ3v) is 6.59. The third-order valence-electron chi connectivity index (χ3n) is 6.59. The Balaban J connectivity index is 0.00000162. The van der Waals surface area contributed by atoms with Crippen molar-refractivity contribution in [1.82, 2.24) is 24.9 Å². The molecule has 3 aromatic rings. The number of fused-ring (bicyclic) bond motifs is 1. The van der Waals surface area contributed by atoms with Gasteiger partial charge in [0.15, 0.2) is 17.0 Å². The van der Waals surface area contributed by atoms with Crippen molar-refractivity contribution in [3.63, 3.8) is 0 Å². The van der Waals surface area contributed by atoms with Crippen molar-refractivity contribution in [2.75, 3.05) is 10.7 Å². The molecule has 2 aromatic heterocycles. The highest BCUT2D eigenvalue weighted by molar-refractivity contribution is 5.86.